The Morgan fingerprint density at radius 3 is 2.45 bits per heavy atom. The van der Waals surface area contributed by atoms with Crippen LogP contribution in [0.1, 0.15) is 25.8 Å². The van der Waals surface area contributed by atoms with Gasteiger partial charge in [-0.1, -0.05) is 19.1 Å². The minimum atomic E-state index is -0.250. The fourth-order valence-electron chi connectivity index (χ4n) is 1.66. The number of carbonyl (C=O) groups excluding carboxylic acids is 2. The molecule has 2 amide bonds. The van der Waals surface area contributed by atoms with E-state index in [1.54, 1.807) is 6.08 Å². The van der Waals surface area contributed by atoms with Crippen LogP contribution in [0.2, 0.25) is 0 Å². The van der Waals surface area contributed by atoms with E-state index in [0.29, 0.717) is 4.91 Å². The summed E-state index contributed by atoms with van der Waals surface area (Å²) >= 11 is 0.962. The fourth-order valence-corrected chi connectivity index (χ4v) is 2.48. The van der Waals surface area contributed by atoms with Crippen LogP contribution >= 0.6 is 11.8 Å². The summed E-state index contributed by atoms with van der Waals surface area (Å²) in [5, 5.41) is -0.238. The topological polar surface area (TPSA) is 46.6 Å². The number of carbonyl (C=O) groups is 2. The lowest BCUT2D eigenvalue weighted by Crippen LogP contribution is -2.22. The van der Waals surface area contributed by atoms with Crippen LogP contribution in [0, 0.1) is 0 Å². The van der Waals surface area contributed by atoms with Crippen molar-refractivity contribution in [1.29, 1.82) is 0 Å². The zero-order valence-electron chi connectivity index (χ0n) is 11.8. The number of nitrogens with zero attached hydrogens (tertiary/aromatic N) is 1. The van der Waals surface area contributed by atoms with E-state index in [2.05, 4.69) is 6.92 Å². The highest BCUT2D eigenvalue weighted by Crippen LogP contribution is 2.31. The Kier molecular flexibility index (Phi) is 4.49. The maximum atomic E-state index is 11.8. The highest BCUT2D eigenvalue weighted by molar-refractivity contribution is 8.18. The van der Waals surface area contributed by atoms with Crippen molar-refractivity contribution in [2.24, 2.45) is 0 Å². The molecule has 106 valence electrons. The van der Waals surface area contributed by atoms with E-state index in [4.69, 9.17) is 4.74 Å². The van der Waals surface area contributed by atoms with Crippen molar-refractivity contribution < 1.29 is 14.3 Å². The molecule has 0 N–H and O–H groups in total. The maximum Gasteiger partial charge on any atom is 0.293 e. The van der Waals surface area contributed by atoms with Crippen molar-refractivity contribution in [3.63, 3.8) is 0 Å². The Labute approximate surface area is 122 Å². The van der Waals surface area contributed by atoms with E-state index in [1.165, 1.54) is 7.05 Å². The molecule has 1 aliphatic rings. The summed E-state index contributed by atoms with van der Waals surface area (Å²) in [5.41, 5.74) is 0.875. The van der Waals surface area contributed by atoms with E-state index >= 15 is 0 Å². The third kappa shape index (κ3) is 3.22. The van der Waals surface area contributed by atoms with Crippen LogP contribution in [-0.2, 0) is 4.79 Å². The highest BCUT2D eigenvalue weighted by Gasteiger charge is 2.31. The second-order valence-corrected chi connectivity index (χ2v) is 5.64. The quantitative estimate of drug-likeness (QED) is 0.796. The van der Waals surface area contributed by atoms with E-state index < -0.39 is 0 Å². The number of imide groups is 1. The van der Waals surface area contributed by atoms with Gasteiger partial charge in [0.15, 0.2) is 0 Å². The van der Waals surface area contributed by atoms with Gasteiger partial charge in [-0.3, -0.25) is 14.5 Å². The Bertz CT molecular complexity index is 551. The maximum absolute atomic E-state index is 11.8. The predicted molar refractivity (Wildman–Crippen MR) is 80.6 cm³/mol. The predicted octanol–water partition coefficient (Wildman–Crippen LogP) is 3.53. The summed E-state index contributed by atoms with van der Waals surface area (Å²) in [5.74, 6) is 0.556. The first-order valence-corrected chi connectivity index (χ1v) is 7.31. The van der Waals surface area contributed by atoms with E-state index in [1.807, 2.05) is 31.2 Å². The largest absolute Gasteiger partial charge is 0.491 e. The van der Waals surface area contributed by atoms with Crippen LogP contribution in [0.25, 0.3) is 6.08 Å². The molecule has 1 aromatic rings. The van der Waals surface area contributed by atoms with Gasteiger partial charge in [-0.05, 0) is 48.9 Å². The molecule has 1 saturated heterocycles. The Morgan fingerprint density at radius 2 is 1.95 bits per heavy atom. The standard InChI is InChI=1S/C15H17NO3S/c1-4-10(2)19-12-7-5-11(6-8-12)9-13-14(17)16(3)15(18)20-13/h5-10H,4H2,1-3H3/b13-9-/t10-/m1/s1. The van der Waals surface area contributed by atoms with Gasteiger partial charge in [-0.15, -0.1) is 0 Å². The van der Waals surface area contributed by atoms with Gasteiger partial charge in [0, 0.05) is 7.05 Å². The van der Waals surface area contributed by atoms with Crippen LogP contribution < -0.4 is 4.74 Å². The first kappa shape index (κ1) is 14.7. The average Bonchev–Trinajstić information content (AvgIpc) is 2.68. The van der Waals surface area contributed by atoms with Crippen LogP contribution in [0.3, 0.4) is 0 Å². The molecule has 0 saturated carbocycles. The van der Waals surface area contributed by atoms with Gasteiger partial charge < -0.3 is 4.74 Å². The van der Waals surface area contributed by atoms with Crippen molar-refractivity contribution in [2.75, 3.05) is 7.05 Å². The molecule has 1 aromatic carbocycles. The molecule has 0 spiro atoms. The van der Waals surface area contributed by atoms with Crippen molar-refractivity contribution >= 4 is 29.0 Å². The summed E-state index contributed by atoms with van der Waals surface area (Å²) < 4.78 is 5.69. The minimum Gasteiger partial charge on any atom is -0.491 e. The molecule has 4 nitrogen and oxygen atoms in total. The molecule has 0 radical (unpaired) electrons. The van der Waals surface area contributed by atoms with Crippen LogP contribution in [0.4, 0.5) is 4.79 Å². The Balaban J connectivity index is 2.11. The van der Waals surface area contributed by atoms with E-state index in [-0.39, 0.29) is 17.3 Å². The van der Waals surface area contributed by atoms with Gasteiger partial charge >= 0.3 is 0 Å². The molecular formula is C15H17NO3S. The normalized spacial score (nSPS) is 18.8. The van der Waals surface area contributed by atoms with Crippen molar-refractivity contribution in [3.8, 4) is 5.75 Å². The number of rotatable bonds is 4. The fraction of sp³-hybridized carbons (Fsp3) is 0.333. The SMILES string of the molecule is CC[C@@H](C)Oc1ccc(/C=C2\SC(=O)N(C)C2=O)cc1. The number of thioether (sulfide) groups is 1. The summed E-state index contributed by atoms with van der Waals surface area (Å²) in [6, 6.07) is 7.49. The molecule has 2 rings (SSSR count). The van der Waals surface area contributed by atoms with Gasteiger partial charge in [0.25, 0.3) is 11.1 Å². The number of hydrogen-bond donors (Lipinski definition) is 0. The Morgan fingerprint density at radius 1 is 1.30 bits per heavy atom. The zero-order valence-corrected chi connectivity index (χ0v) is 12.6. The lowest BCUT2D eigenvalue weighted by Gasteiger charge is -2.12. The zero-order chi connectivity index (χ0) is 14.7. The molecule has 1 atom stereocenters. The molecule has 1 aliphatic heterocycles. The lowest BCUT2D eigenvalue weighted by molar-refractivity contribution is -0.121. The summed E-state index contributed by atoms with van der Waals surface area (Å²) in [7, 11) is 1.49. The van der Waals surface area contributed by atoms with Gasteiger partial charge in [-0.25, -0.2) is 0 Å². The molecule has 5 heteroatoms. The van der Waals surface area contributed by atoms with Crippen molar-refractivity contribution in [2.45, 2.75) is 26.4 Å². The van der Waals surface area contributed by atoms with Crippen LogP contribution in [-0.4, -0.2) is 29.2 Å². The Hall–Kier alpha value is -1.75. The molecule has 0 unspecified atom stereocenters. The first-order chi connectivity index (χ1) is 9.51. The van der Waals surface area contributed by atoms with E-state index in [0.717, 1.165) is 34.4 Å². The second-order valence-electron chi connectivity index (χ2n) is 4.65. The van der Waals surface area contributed by atoms with Crippen LogP contribution in [0.5, 0.6) is 5.75 Å². The van der Waals surface area contributed by atoms with Gasteiger partial charge in [0.1, 0.15) is 5.75 Å². The average molecular weight is 291 g/mol. The molecule has 0 aliphatic carbocycles. The molecule has 0 aromatic heterocycles. The van der Waals surface area contributed by atoms with E-state index in [9.17, 15) is 9.59 Å². The van der Waals surface area contributed by atoms with Crippen molar-refractivity contribution in [3.05, 3.63) is 34.7 Å². The minimum absolute atomic E-state index is 0.178. The van der Waals surface area contributed by atoms with Gasteiger partial charge in [0.05, 0.1) is 11.0 Å². The number of amides is 2. The number of likely N-dealkylation sites (N-methyl/N-ethyl adjacent to an activating group) is 1. The monoisotopic (exact) mass is 291 g/mol. The van der Waals surface area contributed by atoms with Crippen LogP contribution in [0.15, 0.2) is 29.2 Å². The van der Waals surface area contributed by atoms with Gasteiger partial charge in [0.2, 0.25) is 0 Å². The second kappa shape index (κ2) is 6.13. The number of ether oxygens (including phenoxy) is 1. The third-order valence-electron chi connectivity index (χ3n) is 3.08. The smallest absolute Gasteiger partial charge is 0.293 e. The number of benzene rings is 1. The molecule has 20 heavy (non-hydrogen) atoms. The highest BCUT2D eigenvalue weighted by atomic mass is 32.2. The summed E-state index contributed by atoms with van der Waals surface area (Å²) in [6.45, 7) is 4.09. The molecular weight excluding hydrogens is 274 g/mol. The molecule has 1 fully saturated rings. The summed E-state index contributed by atoms with van der Waals surface area (Å²) in [6.07, 6.45) is 2.85. The molecule has 0 bridgehead atoms. The third-order valence-corrected chi connectivity index (χ3v) is 4.04. The molecule has 1 heterocycles. The first-order valence-electron chi connectivity index (χ1n) is 6.49. The number of hydrogen-bond acceptors (Lipinski definition) is 4. The lowest BCUT2D eigenvalue weighted by atomic mass is 10.2. The van der Waals surface area contributed by atoms with Gasteiger partial charge in [-0.2, -0.15) is 0 Å². The van der Waals surface area contributed by atoms with Crippen molar-refractivity contribution in [1.82, 2.24) is 4.90 Å². The summed E-state index contributed by atoms with van der Waals surface area (Å²) in [4.78, 5) is 24.7.